The molecule has 1 aromatic heterocycles. The van der Waals surface area contributed by atoms with E-state index in [4.69, 9.17) is 0 Å². The summed E-state index contributed by atoms with van der Waals surface area (Å²) in [6.45, 7) is 4.44. The van der Waals surface area contributed by atoms with E-state index >= 15 is 0 Å². The van der Waals surface area contributed by atoms with Gasteiger partial charge >= 0.3 is 0 Å². The summed E-state index contributed by atoms with van der Waals surface area (Å²) >= 11 is 3.60. The number of hydrogen-bond donors (Lipinski definition) is 0. The van der Waals surface area contributed by atoms with Gasteiger partial charge in [0.1, 0.15) is 0 Å². The molecule has 0 saturated carbocycles. The summed E-state index contributed by atoms with van der Waals surface area (Å²) in [5, 5.41) is 5.84. The van der Waals surface area contributed by atoms with Gasteiger partial charge in [-0.2, -0.15) is 5.10 Å². The third kappa shape index (κ3) is 1.93. The highest BCUT2D eigenvalue weighted by molar-refractivity contribution is 9.10. The Balaban J connectivity index is 2.65. The van der Waals surface area contributed by atoms with Crippen molar-refractivity contribution in [2.45, 2.75) is 20.3 Å². The van der Waals surface area contributed by atoms with Gasteiger partial charge in [-0.3, -0.25) is 4.68 Å². The van der Waals surface area contributed by atoms with Crippen molar-refractivity contribution in [3.63, 3.8) is 0 Å². The highest BCUT2D eigenvalue weighted by Gasteiger charge is 2.12. The number of rotatable bonds is 2. The van der Waals surface area contributed by atoms with Gasteiger partial charge in [0, 0.05) is 16.9 Å². The lowest BCUT2D eigenvalue weighted by atomic mass is 10.1. The highest BCUT2D eigenvalue weighted by Crippen LogP contribution is 2.27. The Morgan fingerprint density at radius 1 is 1.40 bits per heavy atom. The topological polar surface area (TPSA) is 17.8 Å². The van der Waals surface area contributed by atoms with Gasteiger partial charge in [-0.15, -0.1) is 0 Å². The maximum absolute atomic E-state index is 4.58. The predicted octanol–water partition coefficient (Wildman–Crippen LogP) is 3.53. The molecular formula is C12H15BrN2. The van der Waals surface area contributed by atoms with Crippen molar-refractivity contribution in [3.8, 4) is 0 Å². The third-order valence-corrected chi connectivity index (χ3v) is 3.16. The Bertz CT molecular complexity index is 486. The molecule has 0 unspecified atom stereocenters. The van der Waals surface area contributed by atoms with Crippen LogP contribution in [0.25, 0.3) is 10.9 Å². The molecule has 0 amide bonds. The summed E-state index contributed by atoms with van der Waals surface area (Å²) in [4.78, 5) is 0. The SMILES string of the molecule is CC(C)Cc1nn(C)c2cccc(Br)c12. The van der Waals surface area contributed by atoms with Crippen LogP contribution in [-0.4, -0.2) is 9.78 Å². The average Bonchev–Trinajstić information content (AvgIpc) is 2.44. The van der Waals surface area contributed by atoms with Crippen molar-refractivity contribution < 1.29 is 0 Å². The summed E-state index contributed by atoms with van der Waals surface area (Å²) < 4.78 is 3.10. The molecule has 1 heterocycles. The van der Waals surface area contributed by atoms with Crippen LogP contribution < -0.4 is 0 Å². The Morgan fingerprint density at radius 3 is 2.80 bits per heavy atom. The molecule has 0 N–H and O–H groups in total. The minimum Gasteiger partial charge on any atom is -0.268 e. The van der Waals surface area contributed by atoms with E-state index in [9.17, 15) is 0 Å². The van der Waals surface area contributed by atoms with E-state index in [1.165, 1.54) is 16.6 Å². The van der Waals surface area contributed by atoms with Crippen LogP contribution in [0.5, 0.6) is 0 Å². The van der Waals surface area contributed by atoms with E-state index in [1.54, 1.807) is 0 Å². The molecule has 2 rings (SSSR count). The fourth-order valence-electron chi connectivity index (χ4n) is 1.88. The zero-order valence-electron chi connectivity index (χ0n) is 9.29. The molecule has 2 nitrogen and oxygen atoms in total. The Kier molecular flexibility index (Phi) is 2.83. The van der Waals surface area contributed by atoms with Gasteiger partial charge in [0.15, 0.2) is 0 Å². The van der Waals surface area contributed by atoms with Crippen LogP contribution in [0.15, 0.2) is 22.7 Å². The molecule has 0 spiro atoms. The average molecular weight is 267 g/mol. The van der Waals surface area contributed by atoms with Crippen LogP contribution in [0.1, 0.15) is 19.5 Å². The van der Waals surface area contributed by atoms with Crippen molar-refractivity contribution >= 4 is 26.8 Å². The largest absolute Gasteiger partial charge is 0.268 e. The van der Waals surface area contributed by atoms with Crippen LogP contribution >= 0.6 is 15.9 Å². The second-order valence-corrected chi connectivity index (χ2v) is 5.16. The zero-order valence-corrected chi connectivity index (χ0v) is 10.9. The van der Waals surface area contributed by atoms with Gasteiger partial charge in [-0.1, -0.05) is 35.8 Å². The van der Waals surface area contributed by atoms with E-state index in [-0.39, 0.29) is 0 Å². The third-order valence-electron chi connectivity index (χ3n) is 2.50. The summed E-state index contributed by atoms with van der Waals surface area (Å²) in [6, 6.07) is 6.23. The normalized spacial score (nSPS) is 11.5. The van der Waals surface area contributed by atoms with Crippen LogP contribution in [0, 0.1) is 5.92 Å². The maximum Gasteiger partial charge on any atom is 0.0717 e. The van der Waals surface area contributed by atoms with E-state index in [2.05, 4.69) is 47.0 Å². The van der Waals surface area contributed by atoms with E-state index < -0.39 is 0 Å². The van der Waals surface area contributed by atoms with E-state index in [0.29, 0.717) is 5.92 Å². The lowest BCUT2D eigenvalue weighted by molar-refractivity contribution is 0.624. The van der Waals surface area contributed by atoms with Crippen molar-refractivity contribution in [3.05, 3.63) is 28.4 Å². The number of nitrogens with zero attached hydrogens (tertiary/aromatic N) is 2. The molecule has 0 aliphatic rings. The van der Waals surface area contributed by atoms with Crippen molar-refractivity contribution in [1.29, 1.82) is 0 Å². The summed E-state index contributed by atoms with van der Waals surface area (Å²) in [7, 11) is 2.00. The van der Waals surface area contributed by atoms with Gasteiger partial charge < -0.3 is 0 Å². The molecule has 0 saturated heterocycles. The fourth-order valence-corrected chi connectivity index (χ4v) is 2.47. The van der Waals surface area contributed by atoms with Gasteiger partial charge in [0.25, 0.3) is 0 Å². The maximum atomic E-state index is 4.58. The van der Waals surface area contributed by atoms with Gasteiger partial charge in [-0.05, 0) is 24.5 Å². The molecule has 2 aromatic rings. The Hall–Kier alpha value is -0.830. The first-order chi connectivity index (χ1) is 7.09. The van der Waals surface area contributed by atoms with Gasteiger partial charge in [-0.25, -0.2) is 0 Å². The number of aryl methyl sites for hydroxylation is 1. The molecule has 0 radical (unpaired) electrons. The summed E-state index contributed by atoms with van der Waals surface area (Å²) in [5.41, 5.74) is 2.38. The summed E-state index contributed by atoms with van der Waals surface area (Å²) in [5.74, 6) is 0.634. The standard InChI is InChI=1S/C12H15BrN2/c1-8(2)7-10-12-9(13)5-4-6-11(12)15(3)14-10/h4-6,8H,7H2,1-3H3. The first-order valence-electron chi connectivity index (χ1n) is 5.19. The lowest BCUT2D eigenvalue weighted by Crippen LogP contribution is -1.97. The van der Waals surface area contributed by atoms with Gasteiger partial charge in [0.05, 0.1) is 11.2 Å². The van der Waals surface area contributed by atoms with Gasteiger partial charge in [0.2, 0.25) is 0 Å². The van der Waals surface area contributed by atoms with E-state index in [0.717, 1.165) is 10.9 Å². The molecule has 0 aliphatic carbocycles. The number of hydrogen-bond acceptors (Lipinski definition) is 1. The number of benzene rings is 1. The Morgan fingerprint density at radius 2 is 2.13 bits per heavy atom. The Labute approximate surface area is 98.4 Å². The molecule has 0 bridgehead atoms. The van der Waals surface area contributed by atoms with Crippen LogP contribution in [0.2, 0.25) is 0 Å². The molecule has 15 heavy (non-hydrogen) atoms. The summed E-state index contributed by atoms with van der Waals surface area (Å²) in [6.07, 6.45) is 1.03. The second-order valence-electron chi connectivity index (χ2n) is 4.30. The zero-order chi connectivity index (χ0) is 11.0. The number of aromatic nitrogens is 2. The molecule has 1 aromatic carbocycles. The minimum atomic E-state index is 0.634. The van der Waals surface area contributed by atoms with Crippen molar-refractivity contribution in [2.75, 3.05) is 0 Å². The molecule has 3 heteroatoms. The molecule has 0 atom stereocenters. The quantitative estimate of drug-likeness (QED) is 0.813. The minimum absolute atomic E-state index is 0.634. The predicted molar refractivity (Wildman–Crippen MR) is 67.0 cm³/mol. The van der Waals surface area contributed by atoms with Crippen LogP contribution in [0.4, 0.5) is 0 Å². The molecular weight excluding hydrogens is 252 g/mol. The monoisotopic (exact) mass is 266 g/mol. The first kappa shape index (κ1) is 10.7. The van der Waals surface area contributed by atoms with E-state index in [1.807, 2.05) is 17.8 Å². The fraction of sp³-hybridized carbons (Fsp3) is 0.417. The number of fused-ring (bicyclic) bond motifs is 1. The molecule has 0 aliphatic heterocycles. The lowest BCUT2D eigenvalue weighted by Gasteiger charge is -2.01. The second kappa shape index (κ2) is 3.97. The first-order valence-corrected chi connectivity index (χ1v) is 5.99. The van der Waals surface area contributed by atoms with Crippen LogP contribution in [0.3, 0.4) is 0 Å². The highest BCUT2D eigenvalue weighted by atomic mass is 79.9. The molecule has 80 valence electrons. The smallest absolute Gasteiger partial charge is 0.0717 e. The van der Waals surface area contributed by atoms with Crippen LogP contribution in [-0.2, 0) is 13.5 Å². The number of halogens is 1. The van der Waals surface area contributed by atoms with Crippen molar-refractivity contribution in [2.24, 2.45) is 13.0 Å². The molecule has 0 fully saturated rings. The van der Waals surface area contributed by atoms with Crippen molar-refractivity contribution in [1.82, 2.24) is 9.78 Å².